The highest BCUT2D eigenvalue weighted by Crippen LogP contribution is 2.36. The number of halogens is 1. The minimum Gasteiger partial charge on any atom is -0.493 e. The van der Waals surface area contributed by atoms with Gasteiger partial charge in [0.15, 0.2) is 18.1 Å². The molecular weight excluding hydrogens is 400 g/mol. The molecule has 0 amide bonds. The highest BCUT2D eigenvalue weighted by molar-refractivity contribution is 9.10. The van der Waals surface area contributed by atoms with Gasteiger partial charge in [0.2, 0.25) is 5.13 Å². The molecule has 0 fully saturated rings. The molecule has 0 saturated carbocycles. The van der Waals surface area contributed by atoms with Crippen molar-refractivity contribution in [1.29, 1.82) is 0 Å². The van der Waals surface area contributed by atoms with Gasteiger partial charge in [0.25, 0.3) is 0 Å². The van der Waals surface area contributed by atoms with Gasteiger partial charge in [0, 0.05) is 5.38 Å². The Kier molecular flexibility index (Phi) is 6.38. The van der Waals surface area contributed by atoms with Crippen molar-refractivity contribution in [3.05, 3.63) is 27.5 Å². The zero-order chi connectivity index (χ0) is 17.5. The zero-order valence-electron chi connectivity index (χ0n) is 12.9. The van der Waals surface area contributed by atoms with Gasteiger partial charge in [-0.3, -0.25) is 5.43 Å². The number of aromatic nitrogens is 1. The van der Waals surface area contributed by atoms with Crippen LogP contribution in [0.15, 0.2) is 27.1 Å². The van der Waals surface area contributed by atoms with Crippen LogP contribution in [-0.2, 0) is 9.53 Å². The van der Waals surface area contributed by atoms with E-state index in [1.54, 1.807) is 23.7 Å². The number of hydrogen-bond acceptors (Lipinski definition) is 9. The summed E-state index contributed by atoms with van der Waals surface area (Å²) in [6.45, 7) is -0.216. The van der Waals surface area contributed by atoms with Crippen LogP contribution in [-0.4, -0.2) is 38.0 Å². The van der Waals surface area contributed by atoms with Crippen LogP contribution in [0, 0.1) is 0 Å². The molecule has 0 atom stereocenters. The number of nitrogen functional groups attached to an aromatic ring is 1. The molecule has 24 heavy (non-hydrogen) atoms. The first-order chi connectivity index (χ1) is 11.5. The van der Waals surface area contributed by atoms with Gasteiger partial charge in [-0.05, 0) is 33.6 Å². The Hall–Kier alpha value is -2.33. The number of nitrogens with two attached hydrogens (primary N) is 1. The minimum atomic E-state index is -0.485. The minimum absolute atomic E-state index is 0.216. The van der Waals surface area contributed by atoms with Crippen LogP contribution in [0.2, 0.25) is 0 Å². The lowest BCUT2D eigenvalue weighted by Crippen LogP contribution is -2.13. The summed E-state index contributed by atoms with van der Waals surface area (Å²) in [7, 11) is 2.80. The van der Waals surface area contributed by atoms with Gasteiger partial charge in [0.1, 0.15) is 5.82 Å². The summed E-state index contributed by atoms with van der Waals surface area (Å²) in [6.07, 6.45) is 1.59. The van der Waals surface area contributed by atoms with Crippen LogP contribution in [0.25, 0.3) is 0 Å². The van der Waals surface area contributed by atoms with Gasteiger partial charge in [-0.1, -0.05) is 0 Å². The van der Waals surface area contributed by atoms with Crippen molar-refractivity contribution < 1.29 is 19.0 Å². The number of carbonyl (C=O) groups is 1. The molecule has 0 radical (unpaired) electrons. The second-order valence-corrected chi connectivity index (χ2v) is 6.06. The average molecular weight is 415 g/mol. The molecule has 2 rings (SSSR count). The van der Waals surface area contributed by atoms with Crippen molar-refractivity contribution in [2.24, 2.45) is 5.10 Å². The Bertz CT molecular complexity index is 750. The van der Waals surface area contributed by atoms with E-state index in [1.165, 1.54) is 25.6 Å². The Morgan fingerprint density at radius 1 is 1.50 bits per heavy atom. The number of esters is 1. The van der Waals surface area contributed by atoms with Crippen LogP contribution in [0.1, 0.15) is 5.56 Å². The number of ether oxygens (including phenoxy) is 3. The van der Waals surface area contributed by atoms with Gasteiger partial charge in [0.05, 0.1) is 24.9 Å². The molecule has 1 aromatic heterocycles. The van der Waals surface area contributed by atoms with E-state index in [0.717, 1.165) is 5.56 Å². The molecule has 0 unspecified atom stereocenters. The molecule has 0 aliphatic carbocycles. The third kappa shape index (κ3) is 4.83. The van der Waals surface area contributed by atoms with Crippen LogP contribution in [0.5, 0.6) is 11.5 Å². The van der Waals surface area contributed by atoms with E-state index in [1.807, 2.05) is 0 Å². The van der Waals surface area contributed by atoms with Crippen molar-refractivity contribution in [3.8, 4) is 11.5 Å². The third-order valence-corrected chi connectivity index (χ3v) is 4.06. The Morgan fingerprint density at radius 3 is 2.92 bits per heavy atom. The van der Waals surface area contributed by atoms with Crippen molar-refractivity contribution in [1.82, 2.24) is 4.98 Å². The summed E-state index contributed by atoms with van der Waals surface area (Å²) in [5, 5.41) is 6.39. The van der Waals surface area contributed by atoms with Crippen molar-refractivity contribution in [3.63, 3.8) is 0 Å². The summed E-state index contributed by atoms with van der Waals surface area (Å²) >= 11 is 4.74. The summed E-state index contributed by atoms with van der Waals surface area (Å²) in [6, 6.07) is 3.50. The predicted molar refractivity (Wildman–Crippen MR) is 95.9 cm³/mol. The molecule has 0 spiro atoms. The number of hydrazone groups is 1. The van der Waals surface area contributed by atoms with Crippen LogP contribution < -0.4 is 20.6 Å². The number of anilines is 2. The maximum absolute atomic E-state index is 11.2. The fraction of sp³-hybridized carbons (Fsp3) is 0.214. The second kappa shape index (κ2) is 8.50. The van der Waals surface area contributed by atoms with E-state index in [9.17, 15) is 4.79 Å². The van der Waals surface area contributed by atoms with Gasteiger partial charge in [-0.15, -0.1) is 11.3 Å². The largest absolute Gasteiger partial charge is 0.493 e. The second-order valence-electron chi connectivity index (χ2n) is 4.35. The van der Waals surface area contributed by atoms with E-state index >= 15 is 0 Å². The van der Waals surface area contributed by atoms with Crippen LogP contribution in [0.3, 0.4) is 0 Å². The summed E-state index contributed by atoms with van der Waals surface area (Å²) in [4.78, 5) is 15.2. The first-order valence-corrected chi connectivity index (χ1v) is 8.28. The smallest absolute Gasteiger partial charge is 0.343 e. The first kappa shape index (κ1) is 18.0. The number of thiazole rings is 1. The lowest BCUT2D eigenvalue weighted by Gasteiger charge is -2.12. The summed E-state index contributed by atoms with van der Waals surface area (Å²) < 4.78 is 15.9. The molecule has 2 aromatic rings. The van der Waals surface area contributed by atoms with E-state index in [4.69, 9.17) is 15.2 Å². The SMILES string of the molecule is COC(=O)COc1c(Br)cc(C=NNc2nc(N)cs2)cc1OC. The number of hydrogen-bond donors (Lipinski definition) is 2. The molecule has 0 aliphatic rings. The summed E-state index contributed by atoms with van der Waals surface area (Å²) in [5.74, 6) is 0.810. The molecule has 1 aromatic carbocycles. The Labute approximate surface area is 150 Å². The third-order valence-electron chi connectivity index (χ3n) is 2.71. The van der Waals surface area contributed by atoms with Crippen molar-refractivity contribution >= 4 is 50.4 Å². The van der Waals surface area contributed by atoms with Crippen LogP contribution >= 0.6 is 27.3 Å². The average Bonchev–Trinajstić information content (AvgIpc) is 2.98. The number of nitrogens with zero attached hydrogens (tertiary/aromatic N) is 2. The number of rotatable bonds is 7. The first-order valence-electron chi connectivity index (χ1n) is 6.60. The standard InChI is InChI=1S/C14H15BrN4O4S/c1-21-10-4-8(5-17-19-14-18-11(16)7-24-14)3-9(15)13(10)23-6-12(20)22-2/h3-5,7H,6,16H2,1-2H3,(H,18,19). The lowest BCUT2D eigenvalue weighted by atomic mass is 10.2. The fourth-order valence-electron chi connectivity index (χ4n) is 1.64. The van der Waals surface area contributed by atoms with Gasteiger partial charge in [-0.25, -0.2) is 9.78 Å². The summed E-state index contributed by atoms with van der Waals surface area (Å²) in [5.41, 5.74) is 9.07. The molecule has 0 aliphatic heterocycles. The predicted octanol–water partition coefficient (Wildman–Crippen LogP) is 2.49. The Balaban J connectivity index is 2.11. The normalized spacial score (nSPS) is 10.6. The van der Waals surface area contributed by atoms with E-state index < -0.39 is 5.97 Å². The van der Waals surface area contributed by atoms with Crippen molar-refractivity contribution in [2.45, 2.75) is 0 Å². The highest BCUT2D eigenvalue weighted by atomic mass is 79.9. The molecule has 0 saturated heterocycles. The number of carbonyl (C=O) groups excluding carboxylic acids is 1. The molecule has 8 nitrogen and oxygen atoms in total. The van der Waals surface area contributed by atoms with Crippen LogP contribution in [0.4, 0.5) is 10.9 Å². The van der Waals surface area contributed by atoms with Gasteiger partial charge >= 0.3 is 5.97 Å². The number of benzene rings is 1. The fourth-order valence-corrected chi connectivity index (χ4v) is 2.77. The van der Waals surface area contributed by atoms with Crippen molar-refractivity contribution in [2.75, 3.05) is 32.0 Å². The number of nitrogens with one attached hydrogen (secondary N) is 1. The molecule has 3 N–H and O–H groups in total. The number of methoxy groups -OCH3 is 2. The monoisotopic (exact) mass is 414 g/mol. The molecule has 1 heterocycles. The molecule has 10 heteroatoms. The topological polar surface area (TPSA) is 108 Å². The maximum atomic E-state index is 11.2. The molecular formula is C14H15BrN4O4S. The van der Waals surface area contributed by atoms with Gasteiger partial charge in [-0.2, -0.15) is 5.10 Å². The quantitative estimate of drug-likeness (QED) is 0.406. The Morgan fingerprint density at radius 2 is 2.29 bits per heavy atom. The van der Waals surface area contributed by atoms with E-state index in [-0.39, 0.29) is 6.61 Å². The molecule has 128 valence electrons. The molecule has 0 bridgehead atoms. The zero-order valence-corrected chi connectivity index (χ0v) is 15.3. The highest BCUT2D eigenvalue weighted by Gasteiger charge is 2.13. The van der Waals surface area contributed by atoms with Gasteiger partial charge < -0.3 is 19.9 Å². The van der Waals surface area contributed by atoms with E-state index in [0.29, 0.717) is 26.9 Å². The maximum Gasteiger partial charge on any atom is 0.343 e. The lowest BCUT2D eigenvalue weighted by molar-refractivity contribution is -0.142. The van der Waals surface area contributed by atoms with E-state index in [2.05, 4.69) is 36.2 Å².